The Balaban J connectivity index is 1.70. The van der Waals surface area contributed by atoms with Gasteiger partial charge in [0.1, 0.15) is 17.2 Å². The lowest BCUT2D eigenvalue weighted by atomic mass is 10.1. The lowest BCUT2D eigenvalue weighted by Crippen LogP contribution is -2.15. The quantitative estimate of drug-likeness (QED) is 0.752. The summed E-state index contributed by atoms with van der Waals surface area (Å²) in [5, 5.41) is 13.4. The molecule has 2 aromatic carbocycles. The maximum atomic E-state index is 13.6. The number of rotatable bonds is 4. The van der Waals surface area contributed by atoms with Crippen LogP contribution in [0.4, 0.5) is 26.0 Å². The third-order valence-corrected chi connectivity index (χ3v) is 3.40. The van der Waals surface area contributed by atoms with E-state index in [9.17, 15) is 13.6 Å². The van der Waals surface area contributed by atoms with E-state index in [-0.39, 0.29) is 0 Å². The highest BCUT2D eigenvalue weighted by Crippen LogP contribution is 2.19. The Morgan fingerprint density at radius 3 is 2.12 bits per heavy atom. The minimum Gasteiger partial charge on any atom is -0.339 e. The minimum absolute atomic E-state index is 0.410. The highest BCUT2D eigenvalue weighted by Gasteiger charge is 2.16. The van der Waals surface area contributed by atoms with Gasteiger partial charge in [-0.05, 0) is 55.5 Å². The van der Waals surface area contributed by atoms with E-state index in [0.717, 1.165) is 23.5 Å². The molecule has 1 heterocycles. The largest absolute Gasteiger partial charge is 0.339 e. The van der Waals surface area contributed by atoms with Crippen molar-refractivity contribution in [2.75, 3.05) is 10.6 Å². The van der Waals surface area contributed by atoms with E-state index >= 15 is 0 Å². The molecule has 0 unspecified atom stereocenters. The van der Waals surface area contributed by atoms with Crippen LogP contribution in [0.5, 0.6) is 0 Å². The van der Waals surface area contributed by atoms with E-state index in [1.54, 1.807) is 30.3 Å². The molecule has 0 atom stereocenters. The molecule has 0 saturated carbocycles. The molecule has 0 aliphatic rings. The van der Waals surface area contributed by atoms with Gasteiger partial charge in [-0.1, -0.05) is 6.07 Å². The third kappa shape index (κ3) is 3.95. The summed E-state index contributed by atoms with van der Waals surface area (Å²) in [6, 6.07) is 13.5. The second-order valence-electron chi connectivity index (χ2n) is 5.31. The Kier molecular flexibility index (Phi) is 4.65. The fourth-order valence-electron chi connectivity index (χ4n) is 2.16. The van der Waals surface area contributed by atoms with Gasteiger partial charge in [-0.3, -0.25) is 4.79 Å². The van der Waals surface area contributed by atoms with Gasteiger partial charge in [-0.25, -0.2) is 8.78 Å². The smallest absolute Gasteiger partial charge is 0.261 e. The number of hydrogen-bond donors (Lipinski definition) is 2. The van der Waals surface area contributed by atoms with Crippen LogP contribution in [0.25, 0.3) is 0 Å². The molecule has 3 aromatic rings. The van der Waals surface area contributed by atoms with Gasteiger partial charge in [0.15, 0.2) is 5.82 Å². The van der Waals surface area contributed by atoms with Crippen molar-refractivity contribution in [2.45, 2.75) is 6.92 Å². The number of nitrogens with zero attached hydrogens (tertiary/aromatic N) is 2. The number of carbonyl (C=O) groups excluding carboxylic acids is 1. The molecule has 5 nitrogen and oxygen atoms in total. The zero-order chi connectivity index (χ0) is 17.8. The van der Waals surface area contributed by atoms with Crippen molar-refractivity contribution in [3.05, 3.63) is 77.5 Å². The first-order chi connectivity index (χ1) is 12.0. The summed E-state index contributed by atoms with van der Waals surface area (Å²) in [6.07, 6.45) is 0. The minimum atomic E-state index is -0.909. The number of anilines is 3. The summed E-state index contributed by atoms with van der Waals surface area (Å²) in [5.41, 5.74) is 1.34. The van der Waals surface area contributed by atoms with E-state index in [0.29, 0.717) is 11.5 Å². The molecule has 25 heavy (non-hydrogen) atoms. The van der Waals surface area contributed by atoms with Crippen molar-refractivity contribution in [2.24, 2.45) is 0 Å². The Morgan fingerprint density at radius 1 is 0.880 bits per heavy atom. The SMILES string of the molecule is Cc1ccc(Nc2ccc(NC(=O)c3c(F)cccc3F)cc2)nn1. The molecule has 7 heteroatoms. The second kappa shape index (κ2) is 7.04. The normalized spacial score (nSPS) is 10.4. The topological polar surface area (TPSA) is 66.9 Å². The number of aromatic nitrogens is 2. The van der Waals surface area contributed by atoms with Crippen LogP contribution in [0.15, 0.2) is 54.6 Å². The van der Waals surface area contributed by atoms with Crippen molar-refractivity contribution >= 4 is 23.1 Å². The molecule has 0 fully saturated rings. The zero-order valence-corrected chi connectivity index (χ0v) is 13.3. The predicted molar refractivity (Wildman–Crippen MR) is 90.8 cm³/mol. The predicted octanol–water partition coefficient (Wildman–Crippen LogP) is 4.06. The molecule has 0 radical (unpaired) electrons. The molecule has 0 spiro atoms. The highest BCUT2D eigenvalue weighted by atomic mass is 19.1. The summed E-state index contributed by atoms with van der Waals surface area (Å²) in [4.78, 5) is 12.0. The van der Waals surface area contributed by atoms with Crippen molar-refractivity contribution < 1.29 is 13.6 Å². The van der Waals surface area contributed by atoms with Crippen molar-refractivity contribution in [3.63, 3.8) is 0 Å². The average Bonchev–Trinajstić information content (AvgIpc) is 2.58. The van der Waals surface area contributed by atoms with Gasteiger partial charge in [0, 0.05) is 11.4 Å². The molecule has 0 aliphatic heterocycles. The number of nitrogens with one attached hydrogen (secondary N) is 2. The molecule has 1 amide bonds. The Labute approximate surface area is 142 Å². The molecular formula is C18H14F2N4O. The first-order valence-electron chi connectivity index (χ1n) is 7.46. The molecule has 0 saturated heterocycles. The first-order valence-corrected chi connectivity index (χ1v) is 7.46. The number of amides is 1. The molecule has 3 rings (SSSR count). The lowest BCUT2D eigenvalue weighted by molar-refractivity contribution is 0.101. The van der Waals surface area contributed by atoms with Crippen LogP contribution in [-0.4, -0.2) is 16.1 Å². The number of carbonyl (C=O) groups is 1. The van der Waals surface area contributed by atoms with Gasteiger partial charge in [-0.2, -0.15) is 5.10 Å². The van der Waals surface area contributed by atoms with E-state index in [1.807, 2.05) is 13.0 Å². The van der Waals surface area contributed by atoms with Gasteiger partial charge < -0.3 is 10.6 Å². The average molecular weight is 340 g/mol. The van der Waals surface area contributed by atoms with Crippen LogP contribution in [0.2, 0.25) is 0 Å². The van der Waals surface area contributed by atoms with Crippen LogP contribution >= 0.6 is 0 Å². The van der Waals surface area contributed by atoms with Gasteiger partial charge >= 0.3 is 0 Å². The van der Waals surface area contributed by atoms with Crippen LogP contribution in [0, 0.1) is 18.6 Å². The van der Waals surface area contributed by atoms with E-state index in [2.05, 4.69) is 20.8 Å². The number of hydrogen-bond acceptors (Lipinski definition) is 4. The van der Waals surface area contributed by atoms with Crippen LogP contribution in [0.3, 0.4) is 0 Å². The molecular weight excluding hydrogens is 326 g/mol. The Hall–Kier alpha value is -3.35. The fraction of sp³-hybridized carbons (Fsp3) is 0.0556. The zero-order valence-electron chi connectivity index (χ0n) is 13.3. The Morgan fingerprint density at radius 2 is 1.52 bits per heavy atom. The van der Waals surface area contributed by atoms with E-state index in [1.165, 1.54) is 6.07 Å². The van der Waals surface area contributed by atoms with Crippen molar-refractivity contribution in [3.8, 4) is 0 Å². The summed E-state index contributed by atoms with van der Waals surface area (Å²) in [5.74, 6) is -2.08. The highest BCUT2D eigenvalue weighted by molar-refractivity contribution is 6.04. The maximum Gasteiger partial charge on any atom is 0.261 e. The van der Waals surface area contributed by atoms with Gasteiger partial charge in [0.2, 0.25) is 0 Å². The number of aryl methyl sites for hydroxylation is 1. The van der Waals surface area contributed by atoms with E-state index in [4.69, 9.17) is 0 Å². The Bertz CT molecular complexity index is 876. The van der Waals surface area contributed by atoms with Crippen LogP contribution < -0.4 is 10.6 Å². The first kappa shape index (κ1) is 16.5. The number of halogens is 2. The third-order valence-electron chi connectivity index (χ3n) is 3.40. The second-order valence-corrected chi connectivity index (χ2v) is 5.31. The van der Waals surface area contributed by atoms with Gasteiger partial charge in [-0.15, -0.1) is 5.10 Å². The lowest BCUT2D eigenvalue weighted by Gasteiger charge is -2.09. The molecule has 0 bridgehead atoms. The summed E-state index contributed by atoms with van der Waals surface area (Å²) in [7, 11) is 0. The van der Waals surface area contributed by atoms with Crippen LogP contribution in [0.1, 0.15) is 16.1 Å². The molecule has 126 valence electrons. The molecule has 0 aliphatic carbocycles. The number of benzene rings is 2. The summed E-state index contributed by atoms with van der Waals surface area (Å²) < 4.78 is 27.2. The van der Waals surface area contributed by atoms with Crippen molar-refractivity contribution in [1.29, 1.82) is 0 Å². The molecule has 1 aromatic heterocycles. The monoisotopic (exact) mass is 340 g/mol. The summed E-state index contributed by atoms with van der Waals surface area (Å²) in [6.45, 7) is 1.84. The van der Waals surface area contributed by atoms with Gasteiger partial charge in [0.05, 0.1) is 5.69 Å². The summed E-state index contributed by atoms with van der Waals surface area (Å²) >= 11 is 0. The van der Waals surface area contributed by atoms with Crippen LogP contribution in [-0.2, 0) is 0 Å². The van der Waals surface area contributed by atoms with Gasteiger partial charge in [0.25, 0.3) is 5.91 Å². The van der Waals surface area contributed by atoms with E-state index < -0.39 is 23.1 Å². The standard InChI is InChI=1S/C18H14F2N4O/c1-11-5-10-16(24-23-11)21-12-6-8-13(9-7-12)22-18(25)17-14(19)3-2-4-15(17)20/h2-10H,1H3,(H,21,24)(H,22,25). The molecule has 2 N–H and O–H groups in total. The fourth-order valence-corrected chi connectivity index (χ4v) is 2.16. The maximum absolute atomic E-state index is 13.6. The van der Waals surface area contributed by atoms with Crippen molar-refractivity contribution in [1.82, 2.24) is 10.2 Å².